The second-order valence-electron chi connectivity index (χ2n) is 4.78. The summed E-state index contributed by atoms with van der Waals surface area (Å²) in [4.78, 5) is 4.47. The molecule has 0 spiro atoms. The van der Waals surface area contributed by atoms with Crippen molar-refractivity contribution in [1.29, 1.82) is 0 Å². The summed E-state index contributed by atoms with van der Waals surface area (Å²) in [6, 6.07) is 0.549. The number of imidazole rings is 1. The smallest absolute Gasteiger partial charge is 0.110 e. The molecule has 3 nitrogen and oxygen atoms in total. The topological polar surface area (TPSA) is 29.9 Å². The van der Waals surface area contributed by atoms with Crippen molar-refractivity contribution in [1.82, 2.24) is 14.9 Å². The van der Waals surface area contributed by atoms with Gasteiger partial charge in [-0.25, -0.2) is 4.98 Å². The van der Waals surface area contributed by atoms with E-state index in [4.69, 9.17) is 0 Å². The highest BCUT2D eigenvalue weighted by atomic mass is 15.1. The van der Waals surface area contributed by atoms with E-state index in [-0.39, 0.29) is 0 Å². The molecule has 1 aromatic rings. The van der Waals surface area contributed by atoms with Crippen LogP contribution >= 0.6 is 0 Å². The van der Waals surface area contributed by atoms with E-state index in [1.54, 1.807) is 0 Å². The SMILES string of the molecule is CCCNC(Cc1nccn1CC)C(C)CC. The predicted molar refractivity (Wildman–Crippen MR) is 73.1 cm³/mol. The van der Waals surface area contributed by atoms with Gasteiger partial charge >= 0.3 is 0 Å². The van der Waals surface area contributed by atoms with Crippen molar-refractivity contribution in [2.75, 3.05) is 6.54 Å². The molecule has 3 heteroatoms. The summed E-state index contributed by atoms with van der Waals surface area (Å²) in [7, 11) is 0. The maximum Gasteiger partial charge on any atom is 0.110 e. The summed E-state index contributed by atoms with van der Waals surface area (Å²) in [5.41, 5.74) is 0. The third-order valence-corrected chi connectivity index (χ3v) is 3.53. The van der Waals surface area contributed by atoms with Gasteiger partial charge in [0.25, 0.3) is 0 Å². The van der Waals surface area contributed by atoms with Crippen LogP contribution in [-0.2, 0) is 13.0 Å². The molecule has 0 radical (unpaired) electrons. The Morgan fingerprint density at radius 2 is 2.12 bits per heavy atom. The van der Waals surface area contributed by atoms with Crippen LogP contribution in [0.4, 0.5) is 0 Å². The molecule has 0 saturated carbocycles. The number of hydrogen-bond acceptors (Lipinski definition) is 2. The molecule has 1 heterocycles. The standard InChI is InChI=1S/C14H27N3/c1-5-8-15-13(12(4)6-2)11-14-16-9-10-17(14)7-3/h9-10,12-13,15H,5-8,11H2,1-4H3. The highest BCUT2D eigenvalue weighted by Gasteiger charge is 2.17. The molecular weight excluding hydrogens is 210 g/mol. The summed E-state index contributed by atoms with van der Waals surface area (Å²) in [6.45, 7) is 11.1. The molecule has 0 bridgehead atoms. The van der Waals surface area contributed by atoms with E-state index >= 15 is 0 Å². The van der Waals surface area contributed by atoms with Gasteiger partial charge in [0.15, 0.2) is 0 Å². The fourth-order valence-electron chi connectivity index (χ4n) is 2.10. The van der Waals surface area contributed by atoms with E-state index in [9.17, 15) is 0 Å². The predicted octanol–water partition coefficient (Wildman–Crippen LogP) is 2.86. The van der Waals surface area contributed by atoms with Crippen LogP contribution in [0, 0.1) is 5.92 Å². The second-order valence-corrected chi connectivity index (χ2v) is 4.78. The van der Waals surface area contributed by atoms with Crippen molar-refractivity contribution in [2.45, 2.75) is 59.5 Å². The fourth-order valence-corrected chi connectivity index (χ4v) is 2.10. The third kappa shape index (κ3) is 4.15. The summed E-state index contributed by atoms with van der Waals surface area (Å²) >= 11 is 0. The first kappa shape index (κ1) is 14.2. The lowest BCUT2D eigenvalue weighted by atomic mass is 9.96. The Labute approximate surface area is 106 Å². The molecule has 0 aliphatic rings. The van der Waals surface area contributed by atoms with E-state index < -0.39 is 0 Å². The number of aromatic nitrogens is 2. The zero-order valence-corrected chi connectivity index (χ0v) is 11.7. The minimum Gasteiger partial charge on any atom is -0.335 e. The van der Waals surface area contributed by atoms with Crippen LogP contribution in [0.5, 0.6) is 0 Å². The van der Waals surface area contributed by atoms with Crippen LogP contribution in [0.15, 0.2) is 12.4 Å². The molecule has 0 aliphatic heterocycles. The number of hydrogen-bond donors (Lipinski definition) is 1. The van der Waals surface area contributed by atoms with Gasteiger partial charge in [0.1, 0.15) is 5.82 Å². The highest BCUT2D eigenvalue weighted by molar-refractivity contribution is 4.96. The number of aryl methyl sites for hydroxylation is 1. The van der Waals surface area contributed by atoms with Gasteiger partial charge in [-0.2, -0.15) is 0 Å². The van der Waals surface area contributed by atoms with Gasteiger partial charge in [-0.15, -0.1) is 0 Å². The van der Waals surface area contributed by atoms with Crippen molar-refractivity contribution in [2.24, 2.45) is 5.92 Å². The van der Waals surface area contributed by atoms with E-state index in [0.29, 0.717) is 12.0 Å². The largest absolute Gasteiger partial charge is 0.335 e. The number of rotatable bonds is 8. The van der Waals surface area contributed by atoms with Gasteiger partial charge in [-0.1, -0.05) is 27.2 Å². The first-order valence-electron chi connectivity index (χ1n) is 6.96. The normalized spacial score (nSPS) is 14.8. The van der Waals surface area contributed by atoms with Crippen molar-refractivity contribution in [3.63, 3.8) is 0 Å². The molecule has 0 aliphatic carbocycles. The minimum atomic E-state index is 0.549. The molecule has 1 aromatic heterocycles. The average Bonchev–Trinajstić information content (AvgIpc) is 2.80. The molecule has 0 saturated heterocycles. The van der Waals surface area contributed by atoms with E-state index in [1.165, 1.54) is 18.7 Å². The van der Waals surface area contributed by atoms with Crippen LogP contribution in [-0.4, -0.2) is 22.1 Å². The van der Waals surface area contributed by atoms with Gasteiger partial charge in [-0.3, -0.25) is 0 Å². The molecule has 0 amide bonds. The van der Waals surface area contributed by atoms with Crippen LogP contribution in [0.2, 0.25) is 0 Å². The van der Waals surface area contributed by atoms with Crippen LogP contribution in [0.3, 0.4) is 0 Å². The lowest BCUT2D eigenvalue weighted by Crippen LogP contribution is -2.38. The zero-order valence-electron chi connectivity index (χ0n) is 11.7. The summed E-state index contributed by atoms with van der Waals surface area (Å²) in [6.07, 6.45) is 7.42. The Balaban J connectivity index is 2.64. The monoisotopic (exact) mass is 237 g/mol. The summed E-state index contributed by atoms with van der Waals surface area (Å²) < 4.78 is 2.24. The Morgan fingerprint density at radius 1 is 1.35 bits per heavy atom. The van der Waals surface area contributed by atoms with Gasteiger partial charge in [0.05, 0.1) is 0 Å². The highest BCUT2D eigenvalue weighted by Crippen LogP contribution is 2.13. The molecule has 2 unspecified atom stereocenters. The first-order chi connectivity index (χ1) is 8.22. The lowest BCUT2D eigenvalue weighted by molar-refractivity contribution is 0.356. The van der Waals surface area contributed by atoms with Gasteiger partial charge in [0, 0.05) is 31.4 Å². The Bertz CT molecular complexity index is 306. The van der Waals surface area contributed by atoms with Crippen molar-refractivity contribution < 1.29 is 0 Å². The van der Waals surface area contributed by atoms with Crippen LogP contribution in [0.1, 0.15) is 46.4 Å². The van der Waals surface area contributed by atoms with Crippen molar-refractivity contribution in [3.8, 4) is 0 Å². The van der Waals surface area contributed by atoms with Crippen LogP contribution < -0.4 is 5.32 Å². The van der Waals surface area contributed by atoms with Crippen molar-refractivity contribution in [3.05, 3.63) is 18.2 Å². The first-order valence-corrected chi connectivity index (χ1v) is 6.96. The molecule has 1 N–H and O–H groups in total. The van der Waals surface area contributed by atoms with Crippen molar-refractivity contribution >= 4 is 0 Å². The molecule has 0 fully saturated rings. The number of nitrogens with zero attached hydrogens (tertiary/aromatic N) is 2. The summed E-state index contributed by atoms with van der Waals surface area (Å²) in [5, 5.41) is 3.66. The third-order valence-electron chi connectivity index (χ3n) is 3.53. The van der Waals surface area contributed by atoms with Gasteiger partial charge < -0.3 is 9.88 Å². The Hall–Kier alpha value is -0.830. The summed E-state index contributed by atoms with van der Waals surface area (Å²) in [5.74, 6) is 1.91. The lowest BCUT2D eigenvalue weighted by Gasteiger charge is -2.24. The molecule has 0 aromatic carbocycles. The van der Waals surface area contributed by atoms with E-state index in [1.807, 2.05) is 6.20 Å². The number of nitrogens with one attached hydrogen (secondary N) is 1. The molecule has 1 rings (SSSR count). The fraction of sp³-hybridized carbons (Fsp3) is 0.786. The maximum absolute atomic E-state index is 4.47. The quantitative estimate of drug-likeness (QED) is 0.753. The van der Waals surface area contributed by atoms with E-state index in [2.05, 4.69) is 48.8 Å². The van der Waals surface area contributed by atoms with Gasteiger partial charge in [-0.05, 0) is 25.8 Å². The minimum absolute atomic E-state index is 0.549. The molecule has 17 heavy (non-hydrogen) atoms. The molecule has 98 valence electrons. The van der Waals surface area contributed by atoms with E-state index in [0.717, 1.165) is 19.5 Å². The Kier molecular flexibility index (Phi) is 6.27. The Morgan fingerprint density at radius 3 is 2.71 bits per heavy atom. The van der Waals surface area contributed by atoms with Gasteiger partial charge in [0.2, 0.25) is 0 Å². The second kappa shape index (κ2) is 7.49. The maximum atomic E-state index is 4.47. The zero-order chi connectivity index (χ0) is 12.7. The molecule has 2 atom stereocenters. The average molecular weight is 237 g/mol. The molecular formula is C14H27N3. The van der Waals surface area contributed by atoms with Crippen LogP contribution in [0.25, 0.3) is 0 Å².